The molecule has 1 heterocycles. The summed E-state index contributed by atoms with van der Waals surface area (Å²) in [6.07, 6.45) is 1.53. The van der Waals surface area contributed by atoms with Crippen molar-refractivity contribution < 1.29 is 24.7 Å². The molecule has 6 N–H and O–H groups in total. The van der Waals surface area contributed by atoms with Crippen LogP contribution in [0.1, 0.15) is 40.0 Å². The van der Waals surface area contributed by atoms with Gasteiger partial charge in [0.1, 0.15) is 6.04 Å². The third kappa shape index (κ3) is 4.42. The highest BCUT2D eigenvalue weighted by molar-refractivity contribution is 6.58. The van der Waals surface area contributed by atoms with Gasteiger partial charge in [0.2, 0.25) is 11.8 Å². The van der Waals surface area contributed by atoms with Crippen molar-refractivity contribution in [1.29, 1.82) is 0 Å². The number of nitrogens with two attached hydrogens (primary N) is 1. The molecule has 0 aromatic carbocycles. The summed E-state index contributed by atoms with van der Waals surface area (Å²) in [4.78, 5) is 25.8. The minimum Gasteiger partial charge on any atom is -0.558 e. The van der Waals surface area contributed by atoms with E-state index in [1.807, 2.05) is 13.8 Å². The standard InChI is InChI=1S/C13H27BN3O5/c1-4-8(2)11(16-12(18)9(3)15)13(19)17-7-5-6-10(17)14(20,21)22/h8-11,20-22H,4-7,15H2,1-3H3,(H,16,18)/q-1/t8-,9-,10-,11-/m0/s1. The van der Waals surface area contributed by atoms with Crippen LogP contribution >= 0.6 is 0 Å². The van der Waals surface area contributed by atoms with Crippen LogP contribution in [0.4, 0.5) is 0 Å². The summed E-state index contributed by atoms with van der Waals surface area (Å²) in [6.45, 7) is 1.94. The van der Waals surface area contributed by atoms with Crippen LogP contribution < -0.4 is 11.1 Å². The van der Waals surface area contributed by atoms with Crippen LogP contribution in [0, 0.1) is 5.92 Å². The number of carbonyl (C=O) groups excluding carboxylic acids is 2. The van der Waals surface area contributed by atoms with E-state index in [1.54, 1.807) is 0 Å². The number of rotatable bonds is 6. The summed E-state index contributed by atoms with van der Waals surface area (Å²) >= 11 is 0. The Hall–Kier alpha value is -1.16. The van der Waals surface area contributed by atoms with E-state index in [0.717, 1.165) is 0 Å². The quantitative estimate of drug-likeness (QED) is 0.371. The second kappa shape index (κ2) is 7.41. The van der Waals surface area contributed by atoms with Gasteiger partial charge in [-0.05, 0) is 25.2 Å². The van der Waals surface area contributed by atoms with Gasteiger partial charge in [0.25, 0.3) is 0 Å². The molecule has 1 aliphatic heterocycles. The molecule has 22 heavy (non-hydrogen) atoms. The van der Waals surface area contributed by atoms with Crippen molar-refractivity contribution >= 4 is 18.6 Å². The summed E-state index contributed by atoms with van der Waals surface area (Å²) in [5, 5.41) is 31.0. The zero-order valence-electron chi connectivity index (χ0n) is 13.4. The molecular weight excluding hydrogens is 289 g/mol. The van der Waals surface area contributed by atoms with Gasteiger partial charge >= 0.3 is 6.75 Å². The van der Waals surface area contributed by atoms with E-state index in [0.29, 0.717) is 25.8 Å². The molecule has 128 valence electrons. The molecule has 8 nitrogen and oxygen atoms in total. The van der Waals surface area contributed by atoms with Crippen LogP contribution in [0.15, 0.2) is 0 Å². The van der Waals surface area contributed by atoms with Crippen molar-refractivity contribution in [3.8, 4) is 0 Å². The summed E-state index contributed by atoms with van der Waals surface area (Å²) in [6, 6.07) is -1.55. The molecule has 0 spiro atoms. The Morgan fingerprint density at radius 2 is 1.95 bits per heavy atom. The van der Waals surface area contributed by atoms with Crippen molar-refractivity contribution in [1.82, 2.24) is 10.2 Å². The highest BCUT2D eigenvalue weighted by atomic mass is 16.5. The molecule has 1 fully saturated rings. The van der Waals surface area contributed by atoms with E-state index in [9.17, 15) is 24.7 Å². The minimum atomic E-state index is -3.62. The lowest BCUT2D eigenvalue weighted by atomic mass is 9.68. The van der Waals surface area contributed by atoms with Crippen LogP contribution in [-0.2, 0) is 9.59 Å². The number of likely N-dealkylation sites (tertiary alicyclic amines) is 1. The van der Waals surface area contributed by atoms with Crippen molar-refractivity contribution in [2.75, 3.05) is 6.54 Å². The molecule has 0 saturated carbocycles. The number of carbonyl (C=O) groups is 2. The predicted octanol–water partition coefficient (Wildman–Crippen LogP) is -1.69. The molecule has 1 saturated heterocycles. The Balaban J connectivity index is 2.94. The average molecular weight is 316 g/mol. The van der Waals surface area contributed by atoms with Gasteiger partial charge < -0.3 is 31.0 Å². The Morgan fingerprint density at radius 1 is 1.36 bits per heavy atom. The van der Waals surface area contributed by atoms with Gasteiger partial charge in [0, 0.05) is 6.54 Å². The molecule has 9 heteroatoms. The predicted molar refractivity (Wildman–Crippen MR) is 82.2 cm³/mol. The van der Waals surface area contributed by atoms with Crippen molar-refractivity contribution in [2.24, 2.45) is 11.7 Å². The Bertz CT molecular complexity index is 413. The van der Waals surface area contributed by atoms with Crippen LogP contribution in [0.3, 0.4) is 0 Å². The average Bonchev–Trinajstić information content (AvgIpc) is 2.92. The van der Waals surface area contributed by atoms with Crippen molar-refractivity contribution in [2.45, 2.75) is 58.1 Å². The Kier molecular flexibility index (Phi) is 6.36. The lowest BCUT2D eigenvalue weighted by Crippen LogP contribution is -2.61. The lowest BCUT2D eigenvalue weighted by Gasteiger charge is -2.39. The van der Waals surface area contributed by atoms with Gasteiger partial charge in [-0.25, -0.2) is 0 Å². The second-order valence-electron chi connectivity index (χ2n) is 6.20. The maximum atomic E-state index is 12.7. The molecule has 4 atom stereocenters. The molecule has 1 rings (SSSR count). The van der Waals surface area contributed by atoms with E-state index in [4.69, 9.17) is 5.73 Å². The Labute approximate surface area is 130 Å². The fraction of sp³-hybridized carbons (Fsp3) is 0.846. The smallest absolute Gasteiger partial charge is 0.394 e. The summed E-state index contributed by atoms with van der Waals surface area (Å²) in [7, 11) is 0. The topological polar surface area (TPSA) is 136 Å². The molecule has 1 aliphatic rings. The second-order valence-corrected chi connectivity index (χ2v) is 6.20. The fourth-order valence-corrected chi connectivity index (χ4v) is 2.68. The molecule has 0 aromatic rings. The van der Waals surface area contributed by atoms with Crippen molar-refractivity contribution in [3.05, 3.63) is 0 Å². The summed E-state index contributed by atoms with van der Waals surface area (Å²) < 4.78 is 0. The zero-order valence-corrected chi connectivity index (χ0v) is 13.4. The number of amides is 2. The largest absolute Gasteiger partial charge is 0.558 e. The van der Waals surface area contributed by atoms with E-state index in [2.05, 4.69) is 5.32 Å². The van der Waals surface area contributed by atoms with Crippen LogP contribution in [-0.4, -0.2) is 63.1 Å². The van der Waals surface area contributed by atoms with Gasteiger partial charge in [0.05, 0.1) is 6.04 Å². The first-order valence-corrected chi connectivity index (χ1v) is 7.78. The highest BCUT2D eigenvalue weighted by Gasteiger charge is 2.42. The molecular formula is C13H27BN3O5-. The first-order chi connectivity index (χ1) is 10.1. The van der Waals surface area contributed by atoms with Gasteiger partial charge in [0.15, 0.2) is 0 Å². The molecule has 0 bridgehead atoms. The Morgan fingerprint density at radius 3 is 2.41 bits per heavy atom. The van der Waals surface area contributed by atoms with Gasteiger partial charge in [-0.2, -0.15) is 0 Å². The summed E-state index contributed by atoms with van der Waals surface area (Å²) in [5.41, 5.74) is 5.52. The van der Waals surface area contributed by atoms with E-state index < -0.39 is 36.6 Å². The first kappa shape index (κ1) is 18.9. The SMILES string of the molecule is CC[C@H](C)[C@H](NC(=O)[C@H](C)N)C(=O)N1CCC[C@H]1[B-](O)(O)O. The van der Waals surface area contributed by atoms with Gasteiger partial charge in [-0.3, -0.25) is 9.59 Å². The molecule has 0 aromatic heterocycles. The van der Waals surface area contributed by atoms with Crippen LogP contribution in [0.25, 0.3) is 0 Å². The first-order valence-electron chi connectivity index (χ1n) is 7.78. The highest BCUT2D eigenvalue weighted by Crippen LogP contribution is 2.24. The molecule has 2 amide bonds. The number of nitrogens with one attached hydrogen (secondary N) is 1. The fourth-order valence-electron chi connectivity index (χ4n) is 2.68. The summed E-state index contributed by atoms with van der Waals surface area (Å²) in [5.74, 6) is -2.04. The molecule has 0 radical (unpaired) electrons. The monoisotopic (exact) mass is 316 g/mol. The zero-order chi connectivity index (χ0) is 17.1. The van der Waals surface area contributed by atoms with Gasteiger partial charge in [-0.1, -0.05) is 26.7 Å². The normalized spacial score (nSPS) is 23.0. The maximum Gasteiger partial charge on any atom is 0.394 e. The minimum absolute atomic E-state index is 0.144. The number of nitrogens with zero attached hydrogens (tertiary/aromatic N) is 1. The van der Waals surface area contributed by atoms with Crippen LogP contribution in [0.5, 0.6) is 0 Å². The van der Waals surface area contributed by atoms with Gasteiger partial charge in [-0.15, -0.1) is 0 Å². The lowest BCUT2D eigenvalue weighted by molar-refractivity contribution is -0.138. The maximum absolute atomic E-state index is 12.7. The number of hydrogen-bond donors (Lipinski definition) is 5. The number of hydrogen-bond acceptors (Lipinski definition) is 6. The van der Waals surface area contributed by atoms with Crippen molar-refractivity contribution in [3.63, 3.8) is 0 Å². The molecule has 0 unspecified atom stereocenters. The van der Waals surface area contributed by atoms with E-state index in [-0.39, 0.29) is 5.92 Å². The van der Waals surface area contributed by atoms with Crippen LogP contribution in [0.2, 0.25) is 0 Å². The third-order valence-corrected chi connectivity index (χ3v) is 4.29. The van der Waals surface area contributed by atoms with E-state index >= 15 is 0 Å². The third-order valence-electron chi connectivity index (χ3n) is 4.29. The van der Waals surface area contributed by atoms with E-state index in [1.165, 1.54) is 11.8 Å². The molecule has 0 aliphatic carbocycles.